The van der Waals surface area contributed by atoms with Crippen LogP contribution >= 0.6 is 0 Å². The van der Waals surface area contributed by atoms with Crippen molar-refractivity contribution in [3.63, 3.8) is 0 Å². The molecular weight excluding hydrogens is 229 g/mol. The van der Waals surface area contributed by atoms with E-state index in [0.717, 1.165) is 0 Å². The molecule has 17 heavy (non-hydrogen) atoms. The fourth-order valence-electron chi connectivity index (χ4n) is 1.18. The molecule has 0 spiro atoms. The number of benzene rings is 1. The number of carbonyl (C=O) groups excluding carboxylic acids is 2. The van der Waals surface area contributed by atoms with Crippen LogP contribution in [0.25, 0.3) is 0 Å². The first kappa shape index (κ1) is 13.0. The molecule has 0 saturated carbocycles. The number of nitrogens with one attached hydrogen (secondary N) is 1. The van der Waals surface area contributed by atoms with Gasteiger partial charge in [0.25, 0.3) is 0 Å². The highest BCUT2D eigenvalue weighted by Crippen LogP contribution is 2.26. The molecule has 0 aliphatic rings. The minimum absolute atomic E-state index is 0.0936. The van der Waals surface area contributed by atoms with Gasteiger partial charge in [-0.05, 0) is 12.1 Å². The zero-order valence-electron chi connectivity index (χ0n) is 9.45. The molecule has 0 heterocycles. The number of carbonyl (C=O) groups is 2. The number of para-hydroxylation sites is 1. The van der Waals surface area contributed by atoms with Gasteiger partial charge in [0, 0.05) is 0 Å². The Balaban J connectivity index is 2.80. The van der Waals surface area contributed by atoms with Crippen molar-refractivity contribution in [3.8, 4) is 5.75 Å². The average molecular weight is 241 g/mol. The van der Waals surface area contributed by atoms with Gasteiger partial charge >= 0.3 is 5.97 Å². The van der Waals surface area contributed by atoms with Gasteiger partial charge in [-0.1, -0.05) is 6.07 Å². The van der Waals surface area contributed by atoms with E-state index in [0.29, 0.717) is 0 Å². The smallest absolute Gasteiger partial charge is 0.315 e. The number of amides is 1. The first-order valence-corrected chi connectivity index (χ1v) is 4.77. The molecule has 0 saturated heterocycles. The fourth-order valence-corrected chi connectivity index (χ4v) is 1.18. The number of methoxy groups -OCH3 is 2. The number of anilines is 1. The largest absolute Gasteiger partial charge is 0.494 e. The molecule has 0 aliphatic carbocycles. The average Bonchev–Trinajstić information content (AvgIpc) is 2.31. The second-order valence-electron chi connectivity index (χ2n) is 3.12. The molecule has 6 heteroatoms. The molecule has 1 rings (SSSR count). The quantitative estimate of drug-likeness (QED) is 0.638. The lowest BCUT2D eigenvalue weighted by Gasteiger charge is -2.10. The van der Waals surface area contributed by atoms with Crippen molar-refractivity contribution in [1.82, 2.24) is 0 Å². The van der Waals surface area contributed by atoms with Crippen LogP contribution in [0.15, 0.2) is 18.2 Å². The molecule has 1 N–H and O–H groups in total. The van der Waals surface area contributed by atoms with Crippen molar-refractivity contribution in [3.05, 3.63) is 24.0 Å². The third kappa shape index (κ3) is 3.44. The maximum absolute atomic E-state index is 13.4. The summed E-state index contributed by atoms with van der Waals surface area (Å²) >= 11 is 0. The number of rotatable bonds is 4. The Hall–Kier alpha value is -2.11. The number of hydrogen-bond acceptors (Lipinski definition) is 4. The summed E-state index contributed by atoms with van der Waals surface area (Å²) in [4.78, 5) is 22.2. The molecule has 0 radical (unpaired) electrons. The Kier molecular flexibility index (Phi) is 4.45. The fraction of sp³-hybridized carbons (Fsp3) is 0.273. The predicted octanol–water partition coefficient (Wildman–Crippen LogP) is 1.34. The number of halogens is 1. The Morgan fingerprint density at radius 2 is 2.06 bits per heavy atom. The van der Waals surface area contributed by atoms with Gasteiger partial charge in [0.15, 0.2) is 5.82 Å². The van der Waals surface area contributed by atoms with Crippen molar-refractivity contribution in [2.75, 3.05) is 19.5 Å². The van der Waals surface area contributed by atoms with Gasteiger partial charge in [0.1, 0.15) is 17.9 Å². The van der Waals surface area contributed by atoms with Crippen LogP contribution in [0.4, 0.5) is 10.1 Å². The molecule has 0 fully saturated rings. The van der Waals surface area contributed by atoms with E-state index in [4.69, 9.17) is 4.74 Å². The van der Waals surface area contributed by atoms with Crippen molar-refractivity contribution in [2.24, 2.45) is 0 Å². The summed E-state index contributed by atoms with van der Waals surface area (Å²) in [7, 11) is 2.52. The van der Waals surface area contributed by atoms with E-state index in [1.807, 2.05) is 0 Å². The lowest BCUT2D eigenvalue weighted by Crippen LogP contribution is -2.18. The van der Waals surface area contributed by atoms with E-state index in [9.17, 15) is 14.0 Å². The van der Waals surface area contributed by atoms with Crippen LogP contribution in [0.3, 0.4) is 0 Å². The molecular formula is C11H12FNO4. The van der Waals surface area contributed by atoms with Crippen LogP contribution in [-0.4, -0.2) is 26.1 Å². The first-order valence-electron chi connectivity index (χ1n) is 4.77. The summed E-state index contributed by atoms with van der Waals surface area (Å²) in [5.74, 6) is -1.82. The van der Waals surface area contributed by atoms with Crippen LogP contribution in [0.5, 0.6) is 5.75 Å². The minimum atomic E-state index is -0.696. The maximum atomic E-state index is 13.4. The Labute approximate surface area is 97.5 Å². The van der Waals surface area contributed by atoms with Crippen molar-refractivity contribution in [1.29, 1.82) is 0 Å². The van der Waals surface area contributed by atoms with E-state index >= 15 is 0 Å². The van der Waals surface area contributed by atoms with Gasteiger partial charge in [-0.15, -0.1) is 0 Å². The maximum Gasteiger partial charge on any atom is 0.315 e. The second-order valence-corrected chi connectivity index (χ2v) is 3.12. The zero-order valence-corrected chi connectivity index (χ0v) is 9.45. The molecule has 1 amide bonds. The van der Waals surface area contributed by atoms with Crippen molar-refractivity contribution < 1.29 is 23.5 Å². The number of esters is 1. The van der Waals surface area contributed by atoms with Gasteiger partial charge in [-0.25, -0.2) is 4.39 Å². The summed E-state index contributed by atoms with van der Waals surface area (Å²) in [5, 5.41) is 2.26. The molecule has 1 aromatic rings. The molecule has 0 aliphatic heterocycles. The van der Waals surface area contributed by atoms with Crippen LogP contribution < -0.4 is 10.1 Å². The Bertz CT molecular complexity index is 433. The minimum Gasteiger partial charge on any atom is -0.494 e. The lowest BCUT2D eigenvalue weighted by atomic mass is 10.2. The Morgan fingerprint density at radius 1 is 1.35 bits per heavy atom. The van der Waals surface area contributed by atoms with E-state index in [1.165, 1.54) is 32.4 Å². The zero-order chi connectivity index (χ0) is 12.8. The lowest BCUT2D eigenvalue weighted by molar-refractivity contribution is -0.142. The van der Waals surface area contributed by atoms with Gasteiger partial charge in [0.05, 0.1) is 14.2 Å². The summed E-state index contributed by atoms with van der Waals surface area (Å²) in [6.07, 6.45) is -0.478. The summed E-state index contributed by atoms with van der Waals surface area (Å²) in [6, 6.07) is 4.12. The van der Waals surface area contributed by atoms with E-state index < -0.39 is 24.1 Å². The monoisotopic (exact) mass is 241 g/mol. The Morgan fingerprint density at radius 3 is 2.65 bits per heavy atom. The topological polar surface area (TPSA) is 64.6 Å². The molecule has 92 valence electrons. The van der Waals surface area contributed by atoms with Crippen LogP contribution in [0.2, 0.25) is 0 Å². The predicted molar refractivity (Wildman–Crippen MR) is 58.2 cm³/mol. The standard InChI is InChI=1S/C11H12FNO4/c1-16-8-5-3-4-7(12)11(8)13-9(14)6-10(15)17-2/h3-5H,6H2,1-2H3,(H,13,14). The van der Waals surface area contributed by atoms with Gasteiger partial charge in [-0.3, -0.25) is 9.59 Å². The second kappa shape index (κ2) is 5.83. The van der Waals surface area contributed by atoms with E-state index in [-0.39, 0.29) is 11.4 Å². The van der Waals surface area contributed by atoms with Crippen molar-refractivity contribution in [2.45, 2.75) is 6.42 Å². The van der Waals surface area contributed by atoms with Gasteiger partial charge < -0.3 is 14.8 Å². The molecule has 0 bridgehead atoms. The molecule has 0 atom stereocenters. The van der Waals surface area contributed by atoms with E-state index in [2.05, 4.69) is 10.1 Å². The molecule has 5 nitrogen and oxygen atoms in total. The molecule has 0 aromatic heterocycles. The number of hydrogen-bond donors (Lipinski definition) is 1. The first-order chi connectivity index (χ1) is 8.08. The summed E-state index contributed by atoms with van der Waals surface area (Å²) < 4.78 is 22.6. The third-order valence-electron chi connectivity index (χ3n) is 1.99. The summed E-state index contributed by atoms with van der Waals surface area (Å²) in [6.45, 7) is 0. The van der Waals surface area contributed by atoms with Crippen molar-refractivity contribution >= 4 is 17.6 Å². The normalized spacial score (nSPS) is 9.59. The highest BCUT2D eigenvalue weighted by molar-refractivity contribution is 6.02. The molecule has 1 aromatic carbocycles. The summed E-state index contributed by atoms with van der Waals surface area (Å²) in [5.41, 5.74) is -0.0936. The van der Waals surface area contributed by atoms with E-state index in [1.54, 1.807) is 0 Å². The highest BCUT2D eigenvalue weighted by Gasteiger charge is 2.15. The molecule has 0 unspecified atom stereocenters. The van der Waals surface area contributed by atoms with Crippen LogP contribution in [0, 0.1) is 5.82 Å². The third-order valence-corrected chi connectivity index (χ3v) is 1.99. The number of ether oxygens (including phenoxy) is 2. The highest BCUT2D eigenvalue weighted by atomic mass is 19.1. The van der Waals surface area contributed by atoms with Crippen LogP contribution in [0.1, 0.15) is 6.42 Å². The van der Waals surface area contributed by atoms with Gasteiger partial charge in [-0.2, -0.15) is 0 Å². The SMILES string of the molecule is COC(=O)CC(=O)Nc1c(F)cccc1OC. The van der Waals surface area contributed by atoms with Crippen LogP contribution in [-0.2, 0) is 14.3 Å². The van der Waals surface area contributed by atoms with Gasteiger partial charge in [0.2, 0.25) is 5.91 Å².